The quantitative estimate of drug-likeness (QED) is 0.743. The normalized spacial score (nSPS) is 18.1. The van der Waals surface area contributed by atoms with Gasteiger partial charge in [-0.2, -0.15) is 0 Å². The molecule has 1 aromatic carbocycles. The van der Waals surface area contributed by atoms with E-state index in [1.807, 2.05) is 25.0 Å². The molecule has 1 aromatic rings. The minimum Gasteiger partial charge on any atom is -0.0762 e. The molecule has 0 unspecified atom stereocenters. The van der Waals surface area contributed by atoms with Crippen LogP contribution in [0.1, 0.15) is 5.56 Å². The van der Waals surface area contributed by atoms with Gasteiger partial charge < -0.3 is 0 Å². The van der Waals surface area contributed by atoms with Crippen LogP contribution >= 0.6 is 15.9 Å². The van der Waals surface area contributed by atoms with E-state index in [1.54, 1.807) is 0 Å². The van der Waals surface area contributed by atoms with Crippen LogP contribution in [0, 0.1) is 31.6 Å². The second-order valence-electron chi connectivity index (χ2n) is 3.10. The highest BCUT2D eigenvalue weighted by Crippen LogP contribution is 2.24. The van der Waals surface area contributed by atoms with Gasteiger partial charge in [-0.05, 0) is 43.4 Å². The lowest BCUT2D eigenvalue weighted by molar-refractivity contribution is 1.39. The summed E-state index contributed by atoms with van der Waals surface area (Å²) in [5, 5.41) is 0. The Kier molecular flexibility index (Phi) is 3.41. The van der Waals surface area contributed by atoms with E-state index in [0.29, 0.717) is 0 Å². The van der Waals surface area contributed by atoms with E-state index in [2.05, 4.69) is 53.1 Å². The van der Waals surface area contributed by atoms with E-state index in [9.17, 15) is 0 Å². The van der Waals surface area contributed by atoms with Gasteiger partial charge in [0.1, 0.15) is 0 Å². The molecule has 0 spiro atoms. The highest BCUT2D eigenvalue weighted by atomic mass is 79.9. The summed E-state index contributed by atoms with van der Waals surface area (Å²) in [6, 6.07) is 8.27. The first-order valence-electron chi connectivity index (χ1n) is 4.50. The van der Waals surface area contributed by atoms with Crippen LogP contribution in [-0.2, 0) is 0 Å². The fourth-order valence-electron chi connectivity index (χ4n) is 1.27. The predicted molar refractivity (Wildman–Crippen MR) is 63.6 cm³/mol. The molecule has 5 radical (unpaired) electrons. The maximum atomic E-state index is 3.41. The molecule has 0 heterocycles. The molecule has 0 bridgehead atoms. The molecule has 0 aliphatic heterocycles. The molecule has 2 rings (SSSR count). The molecule has 1 aliphatic carbocycles. The first-order chi connectivity index (χ1) is 6.84. The van der Waals surface area contributed by atoms with E-state index in [4.69, 9.17) is 0 Å². The van der Waals surface area contributed by atoms with Crippen LogP contribution < -0.4 is 0 Å². The van der Waals surface area contributed by atoms with Crippen LogP contribution in [0.5, 0.6) is 0 Å². The molecule has 1 fully saturated rings. The van der Waals surface area contributed by atoms with E-state index in [0.717, 1.165) is 4.47 Å². The second-order valence-corrected chi connectivity index (χ2v) is 4.02. The number of hydrogen-bond acceptors (Lipinski definition) is 0. The molecule has 0 nitrogen and oxygen atoms in total. The molecular weight excluding hydrogens is 236 g/mol. The Labute approximate surface area is 94.2 Å². The Balaban J connectivity index is 1.99. The monoisotopic (exact) mass is 245 g/mol. The highest BCUT2D eigenvalue weighted by molar-refractivity contribution is 9.10. The predicted octanol–water partition coefficient (Wildman–Crippen LogP) is 3.87. The standard InChI is InChI=1S/C13H10Br/c14-13-9-7-12(8-10-13)6-5-11-3-1-2-4-11/h1-10H/b6-5+. The Morgan fingerprint density at radius 1 is 0.857 bits per heavy atom. The summed E-state index contributed by atoms with van der Waals surface area (Å²) in [4.78, 5) is 0. The SMILES string of the molecule is Brc1ccc(/C=C/[C]2[CH][CH][CH][CH]2)cc1. The summed E-state index contributed by atoms with van der Waals surface area (Å²) in [5.74, 6) is 1.24. The lowest BCUT2D eigenvalue weighted by Gasteiger charge is -1.98. The number of hydrogen-bond donors (Lipinski definition) is 0. The third-order valence-corrected chi connectivity index (χ3v) is 2.56. The van der Waals surface area contributed by atoms with Gasteiger partial charge in [-0.15, -0.1) is 0 Å². The molecule has 1 heteroatoms. The average Bonchev–Trinajstić information content (AvgIpc) is 2.70. The van der Waals surface area contributed by atoms with Gasteiger partial charge >= 0.3 is 0 Å². The van der Waals surface area contributed by atoms with Crippen molar-refractivity contribution in [2.24, 2.45) is 0 Å². The van der Waals surface area contributed by atoms with Gasteiger partial charge in [0.05, 0.1) is 0 Å². The summed E-state index contributed by atoms with van der Waals surface area (Å²) in [6.45, 7) is 0. The zero-order chi connectivity index (χ0) is 9.80. The molecule has 0 saturated heterocycles. The number of benzene rings is 1. The first-order valence-corrected chi connectivity index (χ1v) is 5.29. The van der Waals surface area contributed by atoms with Gasteiger partial charge in [-0.3, -0.25) is 0 Å². The number of allylic oxidation sites excluding steroid dienone is 1. The van der Waals surface area contributed by atoms with Crippen LogP contribution in [0.15, 0.2) is 34.8 Å². The molecule has 14 heavy (non-hydrogen) atoms. The van der Waals surface area contributed by atoms with Crippen molar-refractivity contribution in [1.82, 2.24) is 0 Å². The van der Waals surface area contributed by atoms with Gasteiger partial charge in [0, 0.05) is 10.4 Å². The summed E-state index contributed by atoms with van der Waals surface area (Å²) >= 11 is 3.41. The van der Waals surface area contributed by atoms with Crippen LogP contribution in [0.4, 0.5) is 0 Å². The van der Waals surface area contributed by atoms with Crippen molar-refractivity contribution in [3.63, 3.8) is 0 Å². The van der Waals surface area contributed by atoms with Crippen molar-refractivity contribution >= 4 is 22.0 Å². The van der Waals surface area contributed by atoms with Crippen molar-refractivity contribution in [2.75, 3.05) is 0 Å². The molecule has 0 aromatic heterocycles. The van der Waals surface area contributed by atoms with Crippen LogP contribution in [0.25, 0.3) is 6.08 Å². The number of halogens is 1. The second kappa shape index (κ2) is 4.79. The maximum absolute atomic E-state index is 3.41. The van der Waals surface area contributed by atoms with Crippen molar-refractivity contribution in [3.05, 3.63) is 72.0 Å². The van der Waals surface area contributed by atoms with Crippen LogP contribution in [-0.4, -0.2) is 0 Å². The molecule has 1 aliphatic rings. The maximum Gasteiger partial charge on any atom is 0.0175 e. The molecular formula is C13H10Br. The zero-order valence-electron chi connectivity index (χ0n) is 7.65. The molecule has 0 amide bonds. The Hall–Kier alpha value is -0.560. The molecule has 0 N–H and O–H groups in total. The van der Waals surface area contributed by atoms with Crippen molar-refractivity contribution in [3.8, 4) is 0 Å². The molecule has 69 valence electrons. The molecule has 0 atom stereocenters. The van der Waals surface area contributed by atoms with Gasteiger partial charge in [0.25, 0.3) is 0 Å². The van der Waals surface area contributed by atoms with E-state index in [-0.39, 0.29) is 0 Å². The summed E-state index contributed by atoms with van der Waals surface area (Å²) in [7, 11) is 0. The third kappa shape index (κ3) is 2.71. The zero-order valence-corrected chi connectivity index (χ0v) is 9.24. The van der Waals surface area contributed by atoms with Crippen LogP contribution in [0.2, 0.25) is 0 Å². The van der Waals surface area contributed by atoms with E-state index in [1.165, 1.54) is 11.5 Å². The summed E-state index contributed by atoms with van der Waals surface area (Å²) in [6.07, 6.45) is 12.5. The van der Waals surface area contributed by atoms with Gasteiger partial charge in [0.15, 0.2) is 0 Å². The van der Waals surface area contributed by atoms with E-state index >= 15 is 0 Å². The van der Waals surface area contributed by atoms with Gasteiger partial charge in [-0.1, -0.05) is 40.2 Å². The summed E-state index contributed by atoms with van der Waals surface area (Å²) in [5.41, 5.74) is 1.22. The lowest BCUT2D eigenvalue weighted by atomic mass is 10.1. The smallest absolute Gasteiger partial charge is 0.0175 e. The average molecular weight is 246 g/mol. The molecule has 1 saturated carbocycles. The minimum absolute atomic E-state index is 1.11. The van der Waals surface area contributed by atoms with Crippen molar-refractivity contribution < 1.29 is 0 Å². The highest BCUT2D eigenvalue weighted by Gasteiger charge is 2.12. The van der Waals surface area contributed by atoms with Crippen molar-refractivity contribution in [1.29, 1.82) is 0 Å². The Morgan fingerprint density at radius 2 is 1.50 bits per heavy atom. The largest absolute Gasteiger partial charge is 0.0762 e. The van der Waals surface area contributed by atoms with Crippen molar-refractivity contribution in [2.45, 2.75) is 0 Å². The van der Waals surface area contributed by atoms with Crippen LogP contribution in [0.3, 0.4) is 0 Å². The van der Waals surface area contributed by atoms with Gasteiger partial charge in [0.2, 0.25) is 0 Å². The first kappa shape index (κ1) is 9.97. The Bertz CT molecular complexity index is 305. The fourth-order valence-corrected chi connectivity index (χ4v) is 1.53. The number of rotatable bonds is 2. The third-order valence-electron chi connectivity index (χ3n) is 2.03. The Morgan fingerprint density at radius 3 is 2.14 bits per heavy atom. The van der Waals surface area contributed by atoms with E-state index < -0.39 is 0 Å². The summed E-state index contributed by atoms with van der Waals surface area (Å²) < 4.78 is 1.11. The van der Waals surface area contributed by atoms with Gasteiger partial charge in [-0.25, -0.2) is 0 Å². The minimum atomic E-state index is 1.11. The lowest BCUT2D eigenvalue weighted by Crippen LogP contribution is -1.83. The topological polar surface area (TPSA) is 0 Å². The fraction of sp³-hybridized carbons (Fsp3) is 0.